The van der Waals surface area contributed by atoms with Crippen molar-refractivity contribution in [3.8, 4) is 5.69 Å². The first-order chi connectivity index (χ1) is 11.4. The lowest BCUT2D eigenvalue weighted by atomic mass is 10.1. The number of carbonyl (C=O) groups excluding carboxylic acids is 1. The van der Waals surface area contributed by atoms with Gasteiger partial charge >= 0.3 is 5.97 Å². The molecule has 7 heteroatoms. The van der Waals surface area contributed by atoms with Gasteiger partial charge in [0.15, 0.2) is 0 Å². The fourth-order valence-corrected chi connectivity index (χ4v) is 3.15. The fraction of sp³-hybridized carbons (Fsp3) is 0.0588. The summed E-state index contributed by atoms with van der Waals surface area (Å²) in [5, 5.41) is 0.598. The standard InChI is InChI=1S/C17H12Br2N2O3/c1-24-17(23)14-15(20)12-7-4-10(19)8-13(12)21(16(14)22)11-5-2-9(18)3-6-11/h2-8H,20H2,1H3. The molecule has 0 aliphatic rings. The minimum absolute atomic E-state index is 0.114. The van der Waals surface area contributed by atoms with E-state index in [4.69, 9.17) is 10.5 Å². The van der Waals surface area contributed by atoms with Gasteiger partial charge in [0.1, 0.15) is 5.56 Å². The average molecular weight is 452 g/mol. The molecule has 0 unspecified atom stereocenters. The normalized spacial score (nSPS) is 10.8. The van der Waals surface area contributed by atoms with Crippen molar-refractivity contribution in [1.82, 2.24) is 4.57 Å². The number of methoxy groups -OCH3 is 1. The highest BCUT2D eigenvalue weighted by Gasteiger charge is 2.22. The van der Waals surface area contributed by atoms with Crippen molar-refractivity contribution >= 4 is 54.4 Å². The largest absolute Gasteiger partial charge is 0.465 e. The molecule has 0 bridgehead atoms. The van der Waals surface area contributed by atoms with Crippen LogP contribution in [-0.2, 0) is 4.74 Å². The van der Waals surface area contributed by atoms with Crippen LogP contribution in [0.25, 0.3) is 16.6 Å². The van der Waals surface area contributed by atoms with Gasteiger partial charge in [-0.1, -0.05) is 31.9 Å². The second kappa shape index (κ2) is 6.41. The highest BCUT2D eigenvalue weighted by molar-refractivity contribution is 9.10. The molecule has 0 amide bonds. The number of nitrogens with two attached hydrogens (primary N) is 1. The monoisotopic (exact) mass is 450 g/mol. The van der Waals surface area contributed by atoms with Gasteiger partial charge in [0.05, 0.1) is 18.3 Å². The molecule has 3 rings (SSSR count). The third kappa shape index (κ3) is 2.74. The van der Waals surface area contributed by atoms with E-state index in [1.54, 1.807) is 30.3 Å². The zero-order valence-electron chi connectivity index (χ0n) is 12.5. The van der Waals surface area contributed by atoms with Crippen molar-refractivity contribution in [3.05, 3.63) is 67.3 Å². The summed E-state index contributed by atoms with van der Waals surface area (Å²) in [6.45, 7) is 0. The van der Waals surface area contributed by atoms with E-state index in [1.165, 1.54) is 11.7 Å². The minimum atomic E-state index is -0.756. The summed E-state index contributed by atoms with van der Waals surface area (Å²) in [5.74, 6) is -0.756. The predicted molar refractivity (Wildman–Crippen MR) is 101 cm³/mol. The number of anilines is 1. The molecule has 0 spiro atoms. The quantitative estimate of drug-likeness (QED) is 0.600. The van der Waals surface area contributed by atoms with Crippen molar-refractivity contribution in [1.29, 1.82) is 0 Å². The van der Waals surface area contributed by atoms with Crippen LogP contribution < -0.4 is 11.3 Å². The van der Waals surface area contributed by atoms with Crippen LogP contribution >= 0.6 is 31.9 Å². The summed E-state index contributed by atoms with van der Waals surface area (Å²) >= 11 is 6.78. The van der Waals surface area contributed by atoms with E-state index in [1.807, 2.05) is 12.1 Å². The smallest absolute Gasteiger partial charge is 0.345 e. The number of nitrogens with zero attached hydrogens (tertiary/aromatic N) is 1. The van der Waals surface area contributed by atoms with Crippen LogP contribution in [0.4, 0.5) is 5.69 Å². The lowest BCUT2D eigenvalue weighted by molar-refractivity contribution is 0.0600. The maximum absolute atomic E-state index is 13.0. The van der Waals surface area contributed by atoms with E-state index >= 15 is 0 Å². The molecule has 24 heavy (non-hydrogen) atoms. The zero-order chi connectivity index (χ0) is 17.4. The van der Waals surface area contributed by atoms with Crippen LogP contribution in [0.2, 0.25) is 0 Å². The molecule has 3 aromatic rings. The fourth-order valence-electron chi connectivity index (χ4n) is 2.53. The van der Waals surface area contributed by atoms with Crippen molar-refractivity contribution in [2.45, 2.75) is 0 Å². The number of halogens is 2. The summed E-state index contributed by atoms with van der Waals surface area (Å²) in [6, 6.07) is 12.5. The van der Waals surface area contributed by atoms with Gasteiger partial charge in [0.25, 0.3) is 5.56 Å². The first-order valence-corrected chi connectivity index (χ1v) is 8.50. The molecule has 0 aliphatic carbocycles. The Balaban J connectivity index is 2.50. The molecular formula is C17H12Br2N2O3. The molecule has 2 N–H and O–H groups in total. The lowest BCUT2D eigenvalue weighted by Crippen LogP contribution is -2.28. The van der Waals surface area contributed by atoms with Gasteiger partial charge in [0.2, 0.25) is 0 Å². The molecule has 2 aromatic carbocycles. The number of ether oxygens (including phenoxy) is 1. The molecule has 0 fully saturated rings. The lowest BCUT2D eigenvalue weighted by Gasteiger charge is -2.15. The van der Waals surface area contributed by atoms with Crippen molar-refractivity contribution in [2.24, 2.45) is 0 Å². The van der Waals surface area contributed by atoms with Gasteiger partial charge in [-0.25, -0.2) is 4.79 Å². The van der Waals surface area contributed by atoms with E-state index in [2.05, 4.69) is 31.9 Å². The van der Waals surface area contributed by atoms with Crippen LogP contribution in [-0.4, -0.2) is 17.6 Å². The summed E-state index contributed by atoms with van der Waals surface area (Å²) in [4.78, 5) is 25.0. The third-order valence-corrected chi connectivity index (χ3v) is 4.67. The minimum Gasteiger partial charge on any atom is -0.465 e. The Morgan fingerprint density at radius 3 is 2.33 bits per heavy atom. The van der Waals surface area contributed by atoms with Gasteiger partial charge in [-0.2, -0.15) is 0 Å². The molecule has 122 valence electrons. The molecule has 0 aliphatic heterocycles. The third-order valence-electron chi connectivity index (χ3n) is 3.65. The van der Waals surface area contributed by atoms with E-state index in [0.29, 0.717) is 16.6 Å². The Morgan fingerprint density at radius 1 is 1.08 bits per heavy atom. The maximum Gasteiger partial charge on any atom is 0.345 e. The number of fused-ring (bicyclic) bond motifs is 1. The number of aromatic nitrogens is 1. The van der Waals surface area contributed by atoms with Crippen LogP contribution in [0.3, 0.4) is 0 Å². The number of benzene rings is 2. The summed E-state index contributed by atoms with van der Waals surface area (Å²) in [6.07, 6.45) is 0. The van der Waals surface area contributed by atoms with Gasteiger partial charge in [-0.3, -0.25) is 9.36 Å². The Kier molecular flexibility index (Phi) is 4.47. The second-order valence-corrected chi connectivity index (χ2v) is 6.89. The maximum atomic E-state index is 13.0. The second-order valence-electron chi connectivity index (χ2n) is 5.06. The number of carbonyl (C=O) groups is 1. The summed E-state index contributed by atoms with van der Waals surface area (Å²) in [5.41, 5.74) is 6.72. The number of esters is 1. The highest BCUT2D eigenvalue weighted by atomic mass is 79.9. The van der Waals surface area contributed by atoms with Crippen molar-refractivity contribution in [3.63, 3.8) is 0 Å². The molecule has 0 atom stereocenters. The predicted octanol–water partition coefficient (Wildman–Crippen LogP) is 3.88. The van der Waals surface area contributed by atoms with Crippen molar-refractivity contribution in [2.75, 3.05) is 12.8 Å². The first-order valence-electron chi connectivity index (χ1n) is 6.92. The number of hydrogen-bond acceptors (Lipinski definition) is 4. The van der Waals surface area contributed by atoms with E-state index in [9.17, 15) is 9.59 Å². The Morgan fingerprint density at radius 2 is 1.71 bits per heavy atom. The van der Waals surface area contributed by atoms with Crippen molar-refractivity contribution < 1.29 is 9.53 Å². The van der Waals surface area contributed by atoms with E-state index < -0.39 is 11.5 Å². The number of pyridine rings is 1. The molecule has 0 saturated carbocycles. The topological polar surface area (TPSA) is 74.3 Å². The molecule has 5 nitrogen and oxygen atoms in total. The molecule has 0 radical (unpaired) electrons. The Labute approximate surface area is 154 Å². The van der Waals surface area contributed by atoms with Gasteiger partial charge < -0.3 is 10.5 Å². The molecule has 1 heterocycles. The van der Waals surface area contributed by atoms with Gasteiger partial charge in [-0.05, 0) is 42.5 Å². The average Bonchev–Trinajstić information content (AvgIpc) is 2.56. The van der Waals surface area contributed by atoms with Gasteiger partial charge in [-0.15, -0.1) is 0 Å². The van der Waals surface area contributed by atoms with Crippen LogP contribution in [0.15, 0.2) is 56.2 Å². The number of rotatable bonds is 2. The summed E-state index contributed by atoms with van der Waals surface area (Å²) in [7, 11) is 1.22. The number of nitrogen functional groups attached to an aromatic ring is 1. The molecule has 0 saturated heterocycles. The van der Waals surface area contributed by atoms with E-state index in [0.717, 1.165) is 8.95 Å². The van der Waals surface area contributed by atoms with Crippen LogP contribution in [0.5, 0.6) is 0 Å². The molecule has 1 aromatic heterocycles. The Bertz CT molecular complexity index is 1010. The first kappa shape index (κ1) is 16.7. The van der Waals surface area contributed by atoms with Crippen LogP contribution in [0, 0.1) is 0 Å². The zero-order valence-corrected chi connectivity index (χ0v) is 15.7. The van der Waals surface area contributed by atoms with E-state index in [-0.39, 0.29) is 11.3 Å². The molecular weight excluding hydrogens is 440 g/mol. The number of hydrogen-bond donors (Lipinski definition) is 1. The van der Waals surface area contributed by atoms with Crippen LogP contribution in [0.1, 0.15) is 10.4 Å². The summed E-state index contributed by atoms with van der Waals surface area (Å²) < 4.78 is 7.86. The Hall–Kier alpha value is -2.12. The van der Waals surface area contributed by atoms with Gasteiger partial charge in [0, 0.05) is 20.0 Å². The SMILES string of the molecule is COC(=O)c1c(N)c2ccc(Br)cc2n(-c2ccc(Br)cc2)c1=O. The highest BCUT2D eigenvalue weighted by Crippen LogP contribution is 2.28.